The summed E-state index contributed by atoms with van der Waals surface area (Å²) < 4.78 is 0. The van der Waals surface area contributed by atoms with Gasteiger partial charge >= 0.3 is 0 Å². The van der Waals surface area contributed by atoms with Gasteiger partial charge in [0.2, 0.25) is 5.91 Å². The van der Waals surface area contributed by atoms with Gasteiger partial charge in [-0.1, -0.05) is 12.1 Å². The number of rotatable bonds is 3. The Morgan fingerprint density at radius 1 is 1.25 bits per heavy atom. The molecular formula is C16H17N3O. The van der Waals surface area contributed by atoms with Crippen LogP contribution in [0, 0.1) is 0 Å². The van der Waals surface area contributed by atoms with Crippen LogP contribution in [0.25, 0.3) is 0 Å². The smallest absolute Gasteiger partial charge is 0.231 e. The Balaban J connectivity index is 1.90. The molecule has 4 nitrogen and oxygen atoms in total. The van der Waals surface area contributed by atoms with E-state index in [4.69, 9.17) is 5.73 Å². The van der Waals surface area contributed by atoms with Crippen molar-refractivity contribution in [3.63, 3.8) is 0 Å². The Kier molecular flexibility index (Phi) is 3.06. The molecule has 1 aliphatic heterocycles. The average Bonchev–Trinajstić information content (AvgIpc) is 2.74. The van der Waals surface area contributed by atoms with Crippen LogP contribution in [0.1, 0.15) is 11.1 Å². The maximum absolute atomic E-state index is 12.2. The van der Waals surface area contributed by atoms with Gasteiger partial charge in [0, 0.05) is 24.1 Å². The number of nitrogen functional groups attached to an aromatic ring is 1. The maximum atomic E-state index is 12.2. The summed E-state index contributed by atoms with van der Waals surface area (Å²) >= 11 is 0. The molecule has 2 aromatic rings. The summed E-state index contributed by atoms with van der Waals surface area (Å²) in [4.78, 5) is 14.0. The Morgan fingerprint density at radius 3 is 2.85 bits per heavy atom. The molecule has 0 saturated carbocycles. The first-order valence-electron chi connectivity index (χ1n) is 6.63. The highest BCUT2D eigenvalue weighted by Crippen LogP contribution is 2.32. The molecule has 0 saturated heterocycles. The fourth-order valence-electron chi connectivity index (χ4n) is 2.59. The monoisotopic (exact) mass is 267 g/mol. The van der Waals surface area contributed by atoms with Gasteiger partial charge < -0.3 is 16.0 Å². The summed E-state index contributed by atoms with van der Waals surface area (Å²) in [6.07, 6.45) is 0.465. The van der Waals surface area contributed by atoms with Gasteiger partial charge in [0.1, 0.15) is 0 Å². The van der Waals surface area contributed by atoms with Gasteiger partial charge in [-0.15, -0.1) is 0 Å². The first kappa shape index (κ1) is 12.5. The van der Waals surface area contributed by atoms with Gasteiger partial charge in [-0.25, -0.2) is 0 Å². The highest BCUT2D eigenvalue weighted by molar-refractivity contribution is 6.01. The van der Waals surface area contributed by atoms with Crippen LogP contribution in [0.2, 0.25) is 0 Å². The minimum atomic E-state index is 0.135. The lowest BCUT2D eigenvalue weighted by Gasteiger charge is -2.18. The van der Waals surface area contributed by atoms with Crippen molar-refractivity contribution >= 4 is 23.0 Å². The second-order valence-electron chi connectivity index (χ2n) is 5.00. The molecule has 0 spiro atoms. The molecule has 1 heterocycles. The van der Waals surface area contributed by atoms with Crippen LogP contribution in [-0.4, -0.2) is 13.0 Å². The van der Waals surface area contributed by atoms with Crippen molar-refractivity contribution in [2.75, 3.05) is 23.0 Å². The molecule has 20 heavy (non-hydrogen) atoms. The molecule has 0 atom stereocenters. The summed E-state index contributed by atoms with van der Waals surface area (Å²) in [5, 5.41) is 3.10. The predicted octanol–water partition coefficient (Wildman–Crippen LogP) is 2.40. The maximum Gasteiger partial charge on any atom is 0.231 e. The Hall–Kier alpha value is -2.49. The summed E-state index contributed by atoms with van der Waals surface area (Å²) in [7, 11) is 1.88. The second-order valence-corrected chi connectivity index (χ2v) is 5.00. The van der Waals surface area contributed by atoms with Crippen LogP contribution in [-0.2, 0) is 17.8 Å². The van der Waals surface area contributed by atoms with Crippen LogP contribution in [0.4, 0.5) is 17.1 Å². The summed E-state index contributed by atoms with van der Waals surface area (Å²) in [6, 6.07) is 13.7. The number of nitrogens with zero attached hydrogens (tertiary/aromatic N) is 1. The van der Waals surface area contributed by atoms with Gasteiger partial charge in [-0.3, -0.25) is 4.79 Å². The highest BCUT2D eigenvalue weighted by atomic mass is 16.2. The molecule has 2 aromatic carbocycles. The number of nitrogens with two attached hydrogens (primary N) is 1. The van der Waals surface area contributed by atoms with E-state index in [1.165, 1.54) is 0 Å². The van der Waals surface area contributed by atoms with E-state index in [9.17, 15) is 4.79 Å². The number of fused-ring (bicyclic) bond motifs is 1. The SMILES string of the molecule is CNc1ccc2c(c1)CC(=O)N2Cc1cccc(N)c1. The van der Waals surface area contributed by atoms with Crippen molar-refractivity contribution < 1.29 is 4.79 Å². The Morgan fingerprint density at radius 2 is 2.10 bits per heavy atom. The molecule has 0 radical (unpaired) electrons. The number of amides is 1. The van der Waals surface area contributed by atoms with E-state index in [1.54, 1.807) is 0 Å². The van der Waals surface area contributed by atoms with Crippen LogP contribution >= 0.6 is 0 Å². The van der Waals surface area contributed by atoms with E-state index in [1.807, 2.05) is 54.4 Å². The van der Waals surface area contributed by atoms with E-state index in [-0.39, 0.29) is 5.91 Å². The van der Waals surface area contributed by atoms with E-state index in [0.717, 1.165) is 28.2 Å². The molecule has 3 N–H and O–H groups in total. The average molecular weight is 267 g/mol. The van der Waals surface area contributed by atoms with Crippen LogP contribution < -0.4 is 16.0 Å². The standard InChI is InChI=1S/C16H17N3O/c1-18-14-5-6-15-12(8-14)9-16(20)19(15)10-11-3-2-4-13(17)7-11/h2-8,18H,9-10,17H2,1H3. The summed E-state index contributed by atoms with van der Waals surface area (Å²) in [5.74, 6) is 0.135. The molecular weight excluding hydrogens is 250 g/mol. The van der Waals surface area contributed by atoms with Crippen LogP contribution in [0.5, 0.6) is 0 Å². The number of hydrogen-bond acceptors (Lipinski definition) is 3. The minimum absolute atomic E-state index is 0.135. The number of carbonyl (C=O) groups is 1. The second kappa shape index (κ2) is 4.89. The van der Waals surface area contributed by atoms with Crippen molar-refractivity contribution in [1.82, 2.24) is 0 Å². The fraction of sp³-hybridized carbons (Fsp3) is 0.188. The van der Waals surface area contributed by atoms with Crippen molar-refractivity contribution in [3.8, 4) is 0 Å². The predicted molar refractivity (Wildman–Crippen MR) is 81.7 cm³/mol. The highest BCUT2D eigenvalue weighted by Gasteiger charge is 2.27. The Labute approximate surface area is 118 Å². The molecule has 1 aliphatic rings. The third kappa shape index (κ3) is 2.20. The minimum Gasteiger partial charge on any atom is -0.399 e. The summed E-state index contributed by atoms with van der Waals surface area (Å²) in [5.41, 5.74) is 10.7. The van der Waals surface area contributed by atoms with Crippen LogP contribution in [0.3, 0.4) is 0 Å². The van der Waals surface area contributed by atoms with Crippen molar-refractivity contribution in [2.45, 2.75) is 13.0 Å². The number of benzene rings is 2. The van der Waals surface area contributed by atoms with E-state index < -0.39 is 0 Å². The van der Waals surface area contributed by atoms with E-state index in [2.05, 4.69) is 5.32 Å². The number of carbonyl (C=O) groups excluding carboxylic acids is 1. The lowest BCUT2D eigenvalue weighted by molar-refractivity contribution is -0.117. The van der Waals surface area contributed by atoms with E-state index >= 15 is 0 Å². The van der Waals surface area contributed by atoms with Gasteiger partial charge in [0.25, 0.3) is 0 Å². The zero-order chi connectivity index (χ0) is 14.1. The zero-order valence-corrected chi connectivity index (χ0v) is 11.4. The van der Waals surface area contributed by atoms with Gasteiger partial charge in [-0.2, -0.15) is 0 Å². The molecule has 0 aromatic heterocycles. The number of hydrogen-bond donors (Lipinski definition) is 2. The molecule has 0 fully saturated rings. The first-order chi connectivity index (χ1) is 9.67. The number of nitrogens with one attached hydrogen (secondary N) is 1. The molecule has 0 unspecified atom stereocenters. The lowest BCUT2D eigenvalue weighted by Crippen LogP contribution is -2.25. The molecule has 102 valence electrons. The van der Waals surface area contributed by atoms with Gasteiger partial charge in [0.05, 0.1) is 13.0 Å². The molecule has 1 amide bonds. The molecule has 0 aliphatic carbocycles. The topological polar surface area (TPSA) is 58.4 Å². The third-order valence-corrected chi connectivity index (χ3v) is 3.59. The quantitative estimate of drug-likeness (QED) is 0.840. The van der Waals surface area contributed by atoms with Crippen molar-refractivity contribution in [1.29, 1.82) is 0 Å². The fourth-order valence-corrected chi connectivity index (χ4v) is 2.59. The van der Waals surface area contributed by atoms with Crippen molar-refractivity contribution in [3.05, 3.63) is 53.6 Å². The Bertz CT molecular complexity index is 667. The first-order valence-corrected chi connectivity index (χ1v) is 6.63. The van der Waals surface area contributed by atoms with Crippen LogP contribution in [0.15, 0.2) is 42.5 Å². The number of anilines is 3. The molecule has 0 bridgehead atoms. The van der Waals surface area contributed by atoms with Gasteiger partial charge in [0.15, 0.2) is 0 Å². The largest absolute Gasteiger partial charge is 0.399 e. The lowest BCUT2D eigenvalue weighted by atomic mass is 10.1. The molecule has 4 heteroatoms. The zero-order valence-electron chi connectivity index (χ0n) is 11.4. The van der Waals surface area contributed by atoms with Gasteiger partial charge in [-0.05, 0) is 41.5 Å². The normalized spacial score (nSPS) is 13.4. The summed E-state index contributed by atoms with van der Waals surface area (Å²) in [6.45, 7) is 0.565. The third-order valence-electron chi connectivity index (χ3n) is 3.59. The van der Waals surface area contributed by atoms with Crippen molar-refractivity contribution in [2.24, 2.45) is 0 Å². The van der Waals surface area contributed by atoms with E-state index in [0.29, 0.717) is 13.0 Å². The molecule has 3 rings (SSSR count).